The fourth-order valence-electron chi connectivity index (χ4n) is 5.22. The second-order valence-corrected chi connectivity index (χ2v) is 9.75. The monoisotopic (exact) mass is 530 g/mol. The van der Waals surface area contributed by atoms with E-state index < -0.39 is 0 Å². The zero-order chi connectivity index (χ0) is 27.2. The highest BCUT2D eigenvalue weighted by molar-refractivity contribution is 6.05. The summed E-state index contributed by atoms with van der Waals surface area (Å²) in [6.07, 6.45) is 2.19. The fourth-order valence-corrected chi connectivity index (χ4v) is 5.22. The Hall–Kier alpha value is -4.11. The van der Waals surface area contributed by atoms with E-state index in [0.717, 1.165) is 17.7 Å². The molecule has 39 heavy (non-hydrogen) atoms. The number of anilines is 2. The minimum absolute atomic E-state index is 0.101. The lowest BCUT2D eigenvalue weighted by Crippen LogP contribution is -2.50. The zero-order valence-electron chi connectivity index (χ0n) is 22.2. The first-order chi connectivity index (χ1) is 19.0. The van der Waals surface area contributed by atoms with Crippen molar-refractivity contribution < 1.29 is 23.5 Å². The number of hydrogen-bond donors (Lipinski definition) is 1. The molecule has 0 aliphatic carbocycles. The lowest BCUT2D eigenvalue weighted by molar-refractivity contribution is -0.133. The van der Waals surface area contributed by atoms with Crippen LogP contribution in [0.4, 0.5) is 11.4 Å². The van der Waals surface area contributed by atoms with Crippen molar-refractivity contribution in [2.45, 2.75) is 19.3 Å². The van der Waals surface area contributed by atoms with Gasteiger partial charge in [0.2, 0.25) is 5.91 Å². The van der Waals surface area contributed by atoms with Gasteiger partial charge in [0, 0.05) is 50.6 Å². The Kier molecular flexibility index (Phi) is 8.27. The first kappa shape index (κ1) is 26.5. The van der Waals surface area contributed by atoms with Crippen LogP contribution in [0.5, 0.6) is 0 Å². The summed E-state index contributed by atoms with van der Waals surface area (Å²) in [6, 6.07) is 18.6. The van der Waals surface area contributed by atoms with Crippen molar-refractivity contribution in [1.29, 1.82) is 0 Å². The highest BCUT2D eigenvalue weighted by atomic mass is 16.5. The van der Waals surface area contributed by atoms with Crippen molar-refractivity contribution >= 4 is 29.1 Å². The summed E-state index contributed by atoms with van der Waals surface area (Å²) in [4.78, 5) is 45.4. The number of benzene rings is 2. The highest BCUT2D eigenvalue weighted by Gasteiger charge is 2.30. The molecule has 2 aromatic carbocycles. The number of nitrogens with zero attached hydrogens (tertiary/aromatic N) is 3. The molecule has 9 heteroatoms. The zero-order valence-corrected chi connectivity index (χ0v) is 22.2. The quantitative estimate of drug-likeness (QED) is 0.499. The number of ether oxygens (including phenoxy) is 1. The van der Waals surface area contributed by atoms with Crippen LogP contribution < -0.4 is 10.2 Å². The Morgan fingerprint density at radius 2 is 1.62 bits per heavy atom. The second kappa shape index (κ2) is 12.2. The molecule has 0 spiro atoms. The molecule has 2 fully saturated rings. The van der Waals surface area contributed by atoms with Crippen LogP contribution in [0.25, 0.3) is 0 Å². The normalized spacial score (nSPS) is 16.6. The van der Waals surface area contributed by atoms with Crippen molar-refractivity contribution in [3.8, 4) is 0 Å². The van der Waals surface area contributed by atoms with Crippen LogP contribution in [-0.2, 0) is 9.53 Å². The summed E-state index contributed by atoms with van der Waals surface area (Å²) < 4.78 is 10.6. The predicted octanol–water partition coefficient (Wildman–Crippen LogP) is 3.85. The largest absolute Gasteiger partial charge is 0.459 e. The van der Waals surface area contributed by atoms with Gasteiger partial charge in [-0.1, -0.05) is 37.3 Å². The average Bonchev–Trinajstić information content (AvgIpc) is 3.54. The first-order valence-corrected chi connectivity index (χ1v) is 13.5. The number of piperazine rings is 1. The Labute approximate surface area is 228 Å². The van der Waals surface area contributed by atoms with E-state index in [-0.39, 0.29) is 29.4 Å². The van der Waals surface area contributed by atoms with Crippen LogP contribution in [0.3, 0.4) is 0 Å². The van der Waals surface area contributed by atoms with Crippen molar-refractivity contribution in [3.05, 3.63) is 83.8 Å². The predicted molar refractivity (Wildman–Crippen MR) is 148 cm³/mol. The van der Waals surface area contributed by atoms with Gasteiger partial charge < -0.3 is 29.2 Å². The van der Waals surface area contributed by atoms with Gasteiger partial charge in [-0.05, 0) is 42.3 Å². The standard InChI is InChI=1S/C30H34N4O5/c1-2-24(22-7-4-3-5-8-22)29(36)33-14-12-32(13-15-33)26-11-10-23(31-28(35)27-9-6-18-39-27)21-25(26)30(37)34-16-19-38-20-17-34/h3-11,18,21,24H,2,12-17,19-20H2,1H3,(H,31,35)/t24-/m0/s1. The molecule has 1 N–H and O–H groups in total. The molecule has 3 heterocycles. The molecule has 9 nitrogen and oxygen atoms in total. The maximum Gasteiger partial charge on any atom is 0.291 e. The maximum absolute atomic E-state index is 13.6. The molecular formula is C30H34N4O5. The minimum Gasteiger partial charge on any atom is -0.459 e. The van der Waals surface area contributed by atoms with Crippen molar-refractivity contribution in [3.63, 3.8) is 0 Å². The van der Waals surface area contributed by atoms with Gasteiger partial charge in [-0.25, -0.2) is 0 Å². The van der Waals surface area contributed by atoms with Gasteiger partial charge in [0.05, 0.1) is 31.0 Å². The average molecular weight is 531 g/mol. The van der Waals surface area contributed by atoms with Crippen LogP contribution in [0, 0.1) is 0 Å². The van der Waals surface area contributed by atoms with E-state index in [1.54, 1.807) is 29.2 Å². The summed E-state index contributed by atoms with van der Waals surface area (Å²) in [5.74, 6) is -0.302. The van der Waals surface area contributed by atoms with Gasteiger partial charge in [-0.3, -0.25) is 14.4 Å². The van der Waals surface area contributed by atoms with Gasteiger partial charge in [-0.15, -0.1) is 0 Å². The van der Waals surface area contributed by atoms with E-state index in [9.17, 15) is 14.4 Å². The minimum atomic E-state index is -0.381. The number of amides is 3. The molecule has 0 unspecified atom stereocenters. The summed E-state index contributed by atoms with van der Waals surface area (Å²) in [5, 5.41) is 2.83. The van der Waals surface area contributed by atoms with E-state index in [4.69, 9.17) is 9.15 Å². The van der Waals surface area contributed by atoms with Gasteiger partial charge in [0.15, 0.2) is 5.76 Å². The third-order valence-corrected chi connectivity index (χ3v) is 7.37. The highest BCUT2D eigenvalue weighted by Crippen LogP contribution is 2.29. The molecule has 3 aromatic rings. The van der Waals surface area contributed by atoms with Crippen LogP contribution in [0.2, 0.25) is 0 Å². The van der Waals surface area contributed by atoms with Crippen molar-refractivity contribution in [2.75, 3.05) is 62.7 Å². The Balaban J connectivity index is 1.33. The van der Waals surface area contributed by atoms with Gasteiger partial charge in [0.1, 0.15) is 0 Å². The van der Waals surface area contributed by atoms with Crippen LogP contribution in [0.15, 0.2) is 71.3 Å². The van der Waals surface area contributed by atoms with Crippen LogP contribution in [-0.4, -0.2) is 80.0 Å². The molecular weight excluding hydrogens is 496 g/mol. The number of rotatable bonds is 7. The van der Waals surface area contributed by atoms with E-state index in [0.29, 0.717) is 63.7 Å². The number of hydrogen-bond acceptors (Lipinski definition) is 6. The summed E-state index contributed by atoms with van der Waals surface area (Å²) in [7, 11) is 0. The maximum atomic E-state index is 13.6. The van der Waals surface area contributed by atoms with E-state index >= 15 is 0 Å². The topological polar surface area (TPSA) is 95.3 Å². The molecule has 0 bridgehead atoms. The third-order valence-electron chi connectivity index (χ3n) is 7.37. The molecule has 2 saturated heterocycles. The van der Waals surface area contributed by atoms with E-state index in [2.05, 4.69) is 10.2 Å². The molecule has 2 aliphatic rings. The molecule has 5 rings (SSSR count). The first-order valence-electron chi connectivity index (χ1n) is 13.5. The van der Waals surface area contributed by atoms with Crippen LogP contribution in [0.1, 0.15) is 45.7 Å². The van der Waals surface area contributed by atoms with Gasteiger partial charge >= 0.3 is 0 Å². The van der Waals surface area contributed by atoms with Gasteiger partial charge in [-0.2, -0.15) is 0 Å². The van der Waals surface area contributed by atoms with Crippen molar-refractivity contribution in [2.24, 2.45) is 0 Å². The number of morpholine rings is 1. The molecule has 0 saturated carbocycles. The Bertz CT molecular complexity index is 1280. The molecule has 1 atom stereocenters. The molecule has 2 aliphatic heterocycles. The summed E-state index contributed by atoms with van der Waals surface area (Å²) in [5.41, 5.74) is 2.87. The molecule has 204 valence electrons. The number of carbonyl (C=O) groups is 3. The second-order valence-electron chi connectivity index (χ2n) is 9.75. The lowest BCUT2D eigenvalue weighted by atomic mass is 9.94. The number of carbonyl (C=O) groups excluding carboxylic acids is 3. The Morgan fingerprint density at radius 1 is 0.872 bits per heavy atom. The number of furan rings is 1. The SMILES string of the molecule is CC[C@H](C(=O)N1CCN(c2ccc(NC(=O)c3ccco3)cc2C(=O)N2CCOCC2)CC1)c1ccccc1. The smallest absolute Gasteiger partial charge is 0.291 e. The molecule has 0 radical (unpaired) electrons. The Morgan fingerprint density at radius 3 is 2.28 bits per heavy atom. The molecule has 3 amide bonds. The van der Waals surface area contributed by atoms with E-state index in [1.807, 2.05) is 48.2 Å². The summed E-state index contributed by atoms with van der Waals surface area (Å²) in [6.45, 7) is 6.43. The summed E-state index contributed by atoms with van der Waals surface area (Å²) >= 11 is 0. The number of nitrogens with one attached hydrogen (secondary N) is 1. The van der Waals surface area contributed by atoms with Crippen LogP contribution >= 0.6 is 0 Å². The third kappa shape index (κ3) is 5.98. The fraction of sp³-hybridized carbons (Fsp3) is 0.367. The van der Waals surface area contributed by atoms with E-state index in [1.165, 1.54) is 6.26 Å². The van der Waals surface area contributed by atoms with Gasteiger partial charge in [0.25, 0.3) is 11.8 Å². The lowest BCUT2D eigenvalue weighted by Gasteiger charge is -2.38. The molecule has 1 aromatic heterocycles. The van der Waals surface area contributed by atoms with Crippen molar-refractivity contribution in [1.82, 2.24) is 9.80 Å².